The van der Waals surface area contributed by atoms with Crippen molar-refractivity contribution in [2.75, 3.05) is 6.61 Å². The summed E-state index contributed by atoms with van der Waals surface area (Å²) < 4.78 is 18.7. The van der Waals surface area contributed by atoms with Crippen LogP contribution in [0.4, 0.5) is 4.39 Å². The minimum atomic E-state index is -0.506. The lowest BCUT2D eigenvalue weighted by molar-refractivity contribution is -0.0168. The van der Waals surface area contributed by atoms with E-state index in [1.165, 1.54) is 6.20 Å². The van der Waals surface area contributed by atoms with Crippen molar-refractivity contribution >= 4 is 11.6 Å². The molecule has 1 aromatic heterocycles. The molecule has 0 aromatic carbocycles. The van der Waals surface area contributed by atoms with Crippen molar-refractivity contribution < 1.29 is 14.2 Å². The van der Waals surface area contributed by atoms with Crippen LogP contribution in [0.2, 0.25) is 5.15 Å². The van der Waals surface area contributed by atoms with Crippen LogP contribution in [0.15, 0.2) is 12.3 Å². The molecule has 5 heteroatoms. The van der Waals surface area contributed by atoms with Crippen LogP contribution >= 0.6 is 11.6 Å². The van der Waals surface area contributed by atoms with Gasteiger partial charge < -0.3 is 9.84 Å². The number of halogens is 2. The number of hydrogen-bond donors (Lipinski definition) is 1. The largest absolute Gasteiger partial charge is 0.393 e. The molecule has 1 aliphatic rings. The first-order chi connectivity index (χ1) is 8.15. The van der Waals surface area contributed by atoms with Gasteiger partial charge in [0.2, 0.25) is 0 Å². The Labute approximate surface area is 104 Å². The van der Waals surface area contributed by atoms with E-state index in [-0.39, 0.29) is 16.8 Å². The number of aliphatic hydroxyl groups is 1. The van der Waals surface area contributed by atoms with Gasteiger partial charge in [-0.1, -0.05) is 23.4 Å². The molecule has 3 nitrogen and oxygen atoms in total. The Kier molecular flexibility index (Phi) is 3.95. The number of pyridine rings is 1. The highest BCUT2D eigenvalue weighted by Gasteiger charge is 2.18. The molecule has 1 aliphatic heterocycles. The second-order valence-corrected chi connectivity index (χ2v) is 4.18. The first kappa shape index (κ1) is 12.3. The third kappa shape index (κ3) is 3.40. The number of aliphatic hydroxyl groups excluding tert-OH is 1. The zero-order valence-electron chi connectivity index (χ0n) is 8.99. The van der Waals surface area contributed by atoms with E-state index in [4.69, 9.17) is 16.3 Å². The van der Waals surface area contributed by atoms with Crippen molar-refractivity contribution in [3.05, 3.63) is 28.8 Å². The predicted octanol–water partition coefficient (Wildman–Crippen LogP) is 1.77. The van der Waals surface area contributed by atoms with Gasteiger partial charge in [-0.25, -0.2) is 9.37 Å². The number of ether oxygens (including phenoxy) is 1. The summed E-state index contributed by atoms with van der Waals surface area (Å²) in [7, 11) is 0. The van der Waals surface area contributed by atoms with Crippen LogP contribution < -0.4 is 0 Å². The van der Waals surface area contributed by atoms with Gasteiger partial charge in [-0.05, 0) is 6.42 Å². The van der Waals surface area contributed by atoms with Crippen molar-refractivity contribution in [3.8, 4) is 11.8 Å². The van der Waals surface area contributed by atoms with E-state index in [0.717, 1.165) is 6.07 Å². The van der Waals surface area contributed by atoms with E-state index < -0.39 is 11.9 Å². The Morgan fingerprint density at radius 3 is 3.12 bits per heavy atom. The van der Waals surface area contributed by atoms with Crippen LogP contribution in [0.5, 0.6) is 0 Å². The summed E-state index contributed by atoms with van der Waals surface area (Å²) in [4.78, 5) is 3.75. The lowest BCUT2D eigenvalue weighted by Crippen LogP contribution is -2.27. The molecule has 0 bridgehead atoms. The van der Waals surface area contributed by atoms with Gasteiger partial charge in [-0.3, -0.25) is 0 Å². The fourth-order valence-corrected chi connectivity index (χ4v) is 1.68. The molecule has 0 radical (unpaired) electrons. The SMILES string of the molecule is OC1CCOC(C#Cc2cnc(Cl)cc2F)C1. The van der Waals surface area contributed by atoms with Crippen LogP contribution in [-0.2, 0) is 4.74 Å². The minimum absolute atomic E-state index is 0.0948. The zero-order valence-corrected chi connectivity index (χ0v) is 9.75. The quantitative estimate of drug-likeness (QED) is 0.567. The highest BCUT2D eigenvalue weighted by atomic mass is 35.5. The van der Waals surface area contributed by atoms with Gasteiger partial charge in [0.25, 0.3) is 0 Å². The van der Waals surface area contributed by atoms with Crippen LogP contribution in [0.1, 0.15) is 18.4 Å². The van der Waals surface area contributed by atoms with E-state index in [1.807, 2.05) is 0 Å². The lowest BCUT2D eigenvalue weighted by Gasteiger charge is -2.22. The topological polar surface area (TPSA) is 42.4 Å². The molecule has 1 saturated heterocycles. The maximum atomic E-state index is 13.4. The summed E-state index contributed by atoms with van der Waals surface area (Å²) in [5.74, 6) is 4.92. The minimum Gasteiger partial charge on any atom is -0.393 e. The number of hydrogen-bond acceptors (Lipinski definition) is 3. The second-order valence-electron chi connectivity index (χ2n) is 3.79. The Hall–Kier alpha value is -1.15. The first-order valence-corrected chi connectivity index (χ1v) is 5.65. The fourth-order valence-electron chi connectivity index (χ4n) is 1.54. The van der Waals surface area contributed by atoms with Gasteiger partial charge in [0.05, 0.1) is 18.3 Å². The van der Waals surface area contributed by atoms with Crippen molar-refractivity contribution in [3.63, 3.8) is 0 Å². The fraction of sp³-hybridized carbons (Fsp3) is 0.417. The second kappa shape index (κ2) is 5.46. The molecular weight excluding hydrogens is 245 g/mol. The van der Waals surface area contributed by atoms with Crippen molar-refractivity contribution in [1.82, 2.24) is 4.98 Å². The molecule has 2 rings (SSSR count). The van der Waals surface area contributed by atoms with Crippen molar-refractivity contribution in [2.24, 2.45) is 0 Å². The molecule has 1 fully saturated rings. The monoisotopic (exact) mass is 255 g/mol. The molecule has 0 amide bonds. The van der Waals surface area contributed by atoms with Gasteiger partial charge in [-0.2, -0.15) is 0 Å². The van der Waals surface area contributed by atoms with Crippen LogP contribution in [0.3, 0.4) is 0 Å². The highest BCUT2D eigenvalue weighted by molar-refractivity contribution is 6.29. The van der Waals surface area contributed by atoms with Gasteiger partial charge in [-0.15, -0.1) is 0 Å². The Morgan fingerprint density at radius 1 is 1.59 bits per heavy atom. The highest BCUT2D eigenvalue weighted by Crippen LogP contribution is 2.14. The molecule has 0 saturated carbocycles. The summed E-state index contributed by atoms with van der Waals surface area (Å²) in [5.41, 5.74) is 0.179. The molecule has 0 spiro atoms. The summed E-state index contributed by atoms with van der Waals surface area (Å²) in [6.07, 6.45) is 1.61. The lowest BCUT2D eigenvalue weighted by atomic mass is 10.1. The first-order valence-electron chi connectivity index (χ1n) is 5.27. The van der Waals surface area contributed by atoms with Crippen LogP contribution in [0, 0.1) is 17.7 Å². The average Bonchev–Trinajstić information content (AvgIpc) is 2.28. The molecule has 2 unspecified atom stereocenters. The van der Waals surface area contributed by atoms with E-state index in [2.05, 4.69) is 16.8 Å². The standard InChI is InChI=1S/C12H11ClFNO2/c13-12-6-11(14)8(7-15-12)1-2-10-5-9(16)3-4-17-10/h6-7,9-10,16H,3-5H2. The van der Waals surface area contributed by atoms with Crippen LogP contribution in [0.25, 0.3) is 0 Å². The van der Waals surface area contributed by atoms with E-state index in [1.54, 1.807) is 0 Å². The Bertz CT molecular complexity index is 469. The summed E-state index contributed by atoms with van der Waals surface area (Å²) in [6, 6.07) is 1.11. The van der Waals surface area contributed by atoms with Gasteiger partial charge in [0.15, 0.2) is 0 Å². The predicted molar refractivity (Wildman–Crippen MR) is 61.1 cm³/mol. The molecule has 90 valence electrons. The molecule has 1 aromatic rings. The third-order valence-electron chi connectivity index (χ3n) is 2.44. The van der Waals surface area contributed by atoms with Crippen LogP contribution in [-0.4, -0.2) is 28.9 Å². The molecule has 1 N–H and O–H groups in total. The Balaban J connectivity index is 2.10. The van der Waals surface area contributed by atoms with Gasteiger partial charge >= 0.3 is 0 Å². The molecule has 17 heavy (non-hydrogen) atoms. The summed E-state index contributed by atoms with van der Waals surface area (Å²) in [6.45, 7) is 0.474. The maximum Gasteiger partial charge on any atom is 0.143 e. The van der Waals surface area contributed by atoms with Gasteiger partial charge in [0, 0.05) is 18.7 Å². The van der Waals surface area contributed by atoms with Crippen molar-refractivity contribution in [2.45, 2.75) is 25.0 Å². The van der Waals surface area contributed by atoms with E-state index in [9.17, 15) is 9.50 Å². The molecular formula is C12H11ClFNO2. The maximum absolute atomic E-state index is 13.4. The Morgan fingerprint density at radius 2 is 2.41 bits per heavy atom. The average molecular weight is 256 g/mol. The summed E-state index contributed by atoms with van der Waals surface area (Å²) >= 11 is 5.53. The molecule has 2 atom stereocenters. The smallest absolute Gasteiger partial charge is 0.143 e. The normalized spacial score (nSPS) is 23.9. The molecule has 2 heterocycles. The molecule has 0 aliphatic carbocycles. The number of aromatic nitrogens is 1. The van der Waals surface area contributed by atoms with Gasteiger partial charge in [0.1, 0.15) is 17.1 Å². The zero-order chi connectivity index (χ0) is 12.3. The van der Waals surface area contributed by atoms with Crippen molar-refractivity contribution in [1.29, 1.82) is 0 Å². The van der Waals surface area contributed by atoms with E-state index >= 15 is 0 Å². The van der Waals surface area contributed by atoms with E-state index in [0.29, 0.717) is 19.4 Å². The summed E-state index contributed by atoms with van der Waals surface area (Å²) in [5, 5.41) is 9.51. The number of rotatable bonds is 0. The third-order valence-corrected chi connectivity index (χ3v) is 2.65. The number of nitrogens with zero attached hydrogens (tertiary/aromatic N) is 1.